The maximum absolute atomic E-state index is 12.4. The number of carbonyl (C=O) groups is 2. The lowest BCUT2D eigenvalue weighted by atomic mass is 10.0. The van der Waals surface area contributed by atoms with Crippen molar-refractivity contribution in [1.29, 1.82) is 0 Å². The Morgan fingerprint density at radius 1 is 1.24 bits per heavy atom. The Labute approximate surface area is 151 Å². The summed E-state index contributed by atoms with van der Waals surface area (Å²) in [6.07, 6.45) is 2.14. The molecule has 7 nitrogen and oxygen atoms in total. The minimum atomic E-state index is -0.625. The predicted octanol–water partition coefficient (Wildman–Crippen LogP) is 1.58. The van der Waals surface area contributed by atoms with Crippen molar-refractivity contribution >= 4 is 23.4 Å². The SMILES string of the molecule is CC(C)[C@H](NC(=O)c1ccc(Cl)cc1)C(=O)NCCc1ncn(C)n1. The number of hydrogen-bond donors (Lipinski definition) is 2. The first kappa shape index (κ1) is 18.9. The molecule has 0 aliphatic carbocycles. The van der Waals surface area contributed by atoms with Crippen molar-refractivity contribution in [3.8, 4) is 0 Å². The van der Waals surface area contributed by atoms with E-state index in [1.54, 1.807) is 42.3 Å². The quantitative estimate of drug-likeness (QED) is 0.781. The number of halogens is 1. The first-order chi connectivity index (χ1) is 11.9. The second kappa shape index (κ2) is 8.62. The van der Waals surface area contributed by atoms with Gasteiger partial charge in [-0.3, -0.25) is 14.3 Å². The van der Waals surface area contributed by atoms with Crippen LogP contribution in [-0.2, 0) is 18.3 Å². The number of aryl methyl sites for hydroxylation is 1. The van der Waals surface area contributed by atoms with E-state index in [0.717, 1.165) is 0 Å². The summed E-state index contributed by atoms with van der Waals surface area (Å²) >= 11 is 5.82. The van der Waals surface area contributed by atoms with Crippen molar-refractivity contribution in [2.75, 3.05) is 6.54 Å². The number of carbonyl (C=O) groups excluding carboxylic acids is 2. The Bertz CT molecular complexity index is 727. The predicted molar refractivity (Wildman–Crippen MR) is 95.3 cm³/mol. The standard InChI is InChI=1S/C17H22ClN5O2/c1-11(2)15(21-16(24)12-4-6-13(18)7-5-12)17(25)19-9-8-14-20-10-23(3)22-14/h4-7,10-11,15H,8-9H2,1-3H3,(H,19,25)(H,21,24)/t15-/m0/s1. The zero-order chi connectivity index (χ0) is 18.4. The highest BCUT2D eigenvalue weighted by molar-refractivity contribution is 6.30. The molecule has 0 radical (unpaired) electrons. The van der Waals surface area contributed by atoms with Gasteiger partial charge in [0.2, 0.25) is 5.91 Å². The molecule has 1 aromatic carbocycles. The molecule has 2 rings (SSSR count). The van der Waals surface area contributed by atoms with E-state index in [9.17, 15) is 9.59 Å². The lowest BCUT2D eigenvalue weighted by Gasteiger charge is -2.21. The Morgan fingerprint density at radius 3 is 2.48 bits per heavy atom. The van der Waals surface area contributed by atoms with Crippen LogP contribution in [0.3, 0.4) is 0 Å². The first-order valence-electron chi connectivity index (χ1n) is 8.05. The number of hydrogen-bond acceptors (Lipinski definition) is 4. The molecule has 0 unspecified atom stereocenters. The summed E-state index contributed by atoms with van der Waals surface area (Å²) in [6.45, 7) is 4.17. The van der Waals surface area contributed by atoms with Crippen molar-refractivity contribution in [1.82, 2.24) is 25.4 Å². The molecular weight excluding hydrogens is 342 g/mol. The number of amides is 2. The van der Waals surface area contributed by atoms with Gasteiger partial charge in [0.25, 0.3) is 5.91 Å². The van der Waals surface area contributed by atoms with Crippen LogP contribution in [0.5, 0.6) is 0 Å². The van der Waals surface area contributed by atoms with Gasteiger partial charge in [-0.2, -0.15) is 5.10 Å². The second-order valence-electron chi connectivity index (χ2n) is 6.08. The van der Waals surface area contributed by atoms with Crippen LogP contribution in [0.2, 0.25) is 5.02 Å². The van der Waals surface area contributed by atoms with Crippen LogP contribution in [0.1, 0.15) is 30.0 Å². The maximum Gasteiger partial charge on any atom is 0.251 e. The van der Waals surface area contributed by atoms with Crippen molar-refractivity contribution in [2.24, 2.45) is 13.0 Å². The Kier molecular flexibility index (Phi) is 6.52. The summed E-state index contributed by atoms with van der Waals surface area (Å²) in [5.41, 5.74) is 0.459. The minimum absolute atomic E-state index is 0.0516. The molecule has 8 heteroatoms. The zero-order valence-corrected chi connectivity index (χ0v) is 15.2. The van der Waals surface area contributed by atoms with Gasteiger partial charge < -0.3 is 10.6 Å². The molecule has 134 valence electrons. The van der Waals surface area contributed by atoms with Crippen molar-refractivity contribution < 1.29 is 9.59 Å². The van der Waals surface area contributed by atoms with Gasteiger partial charge in [0.1, 0.15) is 12.4 Å². The zero-order valence-electron chi connectivity index (χ0n) is 14.5. The molecule has 0 saturated carbocycles. The molecule has 1 atom stereocenters. The Morgan fingerprint density at radius 2 is 1.92 bits per heavy atom. The van der Waals surface area contributed by atoms with E-state index in [4.69, 9.17) is 11.6 Å². The van der Waals surface area contributed by atoms with Gasteiger partial charge in [-0.1, -0.05) is 25.4 Å². The normalized spacial score (nSPS) is 12.0. The topological polar surface area (TPSA) is 88.9 Å². The molecule has 0 fully saturated rings. The summed E-state index contributed by atoms with van der Waals surface area (Å²) in [7, 11) is 1.79. The Balaban J connectivity index is 1.91. The smallest absolute Gasteiger partial charge is 0.251 e. The van der Waals surface area contributed by atoms with Gasteiger partial charge in [0.15, 0.2) is 5.82 Å². The molecule has 0 bridgehead atoms. The van der Waals surface area contributed by atoms with Gasteiger partial charge >= 0.3 is 0 Å². The Hall–Kier alpha value is -2.41. The molecule has 2 N–H and O–H groups in total. The molecule has 0 aliphatic rings. The van der Waals surface area contributed by atoms with E-state index in [0.29, 0.717) is 29.4 Å². The fraction of sp³-hybridized carbons (Fsp3) is 0.412. The van der Waals surface area contributed by atoms with Crippen LogP contribution in [-0.4, -0.2) is 39.2 Å². The van der Waals surface area contributed by atoms with E-state index in [1.165, 1.54) is 0 Å². The van der Waals surface area contributed by atoms with Crippen molar-refractivity contribution in [2.45, 2.75) is 26.3 Å². The number of nitrogens with one attached hydrogen (secondary N) is 2. The third-order valence-electron chi connectivity index (χ3n) is 3.64. The van der Waals surface area contributed by atoms with Crippen LogP contribution in [0.25, 0.3) is 0 Å². The molecule has 0 aliphatic heterocycles. The summed E-state index contributed by atoms with van der Waals surface area (Å²) in [5, 5.41) is 10.3. The van der Waals surface area contributed by atoms with E-state index in [1.807, 2.05) is 13.8 Å². The number of nitrogens with zero attached hydrogens (tertiary/aromatic N) is 3. The van der Waals surface area contributed by atoms with Crippen LogP contribution in [0.4, 0.5) is 0 Å². The summed E-state index contributed by atoms with van der Waals surface area (Å²) in [6, 6.07) is 5.90. The highest BCUT2D eigenvalue weighted by Gasteiger charge is 2.24. The van der Waals surface area contributed by atoms with Crippen LogP contribution in [0.15, 0.2) is 30.6 Å². The average Bonchev–Trinajstić information content (AvgIpc) is 2.98. The molecule has 0 spiro atoms. The van der Waals surface area contributed by atoms with Gasteiger partial charge in [0, 0.05) is 30.6 Å². The molecule has 1 heterocycles. The van der Waals surface area contributed by atoms with E-state index < -0.39 is 6.04 Å². The second-order valence-corrected chi connectivity index (χ2v) is 6.51. The highest BCUT2D eigenvalue weighted by atomic mass is 35.5. The van der Waals surface area contributed by atoms with E-state index >= 15 is 0 Å². The molecule has 2 aromatic rings. The summed E-state index contributed by atoms with van der Waals surface area (Å²) in [4.78, 5) is 28.8. The fourth-order valence-corrected chi connectivity index (χ4v) is 2.39. The van der Waals surface area contributed by atoms with Gasteiger partial charge in [-0.25, -0.2) is 4.98 Å². The monoisotopic (exact) mass is 363 g/mol. The molecule has 1 aromatic heterocycles. The molecular formula is C17H22ClN5O2. The molecule has 25 heavy (non-hydrogen) atoms. The molecule has 2 amide bonds. The van der Waals surface area contributed by atoms with Crippen LogP contribution >= 0.6 is 11.6 Å². The van der Waals surface area contributed by atoms with Crippen molar-refractivity contribution in [3.05, 3.63) is 47.0 Å². The number of rotatable bonds is 7. The van der Waals surface area contributed by atoms with E-state index in [2.05, 4.69) is 20.7 Å². The highest BCUT2D eigenvalue weighted by Crippen LogP contribution is 2.10. The van der Waals surface area contributed by atoms with Crippen LogP contribution in [0, 0.1) is 5.92 Å². The average molecular weight is 364 g/mol. The third-order valence-corrected chi connectivity index (χ3v) is 3.89. The van der Waals surface area contributed by atoms with Gasteiger partial charge in [0.05, 0.1) is 0 Å². The lowest BCUT2D eigenvalue weighted by molar-refractivity contribution is -0.123. The van der Waals surface area contributed by atoms with E-state index in [-0.39, 0.29) is 17.7 Å². The summed E-state index contributed by atoms with van der Waals surface area (Å²) < 4.78 is 1.61. The largest absolute Gasteiger partial charge is 0.354 e. The maximum atomic E-state index is 12.4. The fourth-order valence-electron chi connectivity index (χ4n) is 2.27. The third kappa shape index (κ3) is 5.56. The van der Waals surface area contributed by atoms with Gasteiger partial charge in [-0.05, 0) is 30.2 Å². The van der Waals surface area contributed by atoms with Crippen molar-refractivity contribution in [3.63, 3.8) is 0 Å². The van der Waals surface area contributed by atoms with Crippen LogP contribution < -0.4 is 10.6 Å². The molecule has 0 saturated heterocycles. The number of aromatic nitrogens is 3. The minimum Gasteiger partial charge on any atom is -0.354 e. The summed E-state index contributed by atoms with van der Waals surface area (Å²) in [5.74, 6) is 0.0727. The number of benzene rings is 1. The first-order valence-corrected chi connectivity index (χ1v) is 8.43. The lowest BCUT2D eigenvalue weighted by Crippen LogP contribution is -2.50. The van der Waals surface area contributed by atoms with Gasteiger partial charge in [-0.15, -0.1) is 0 Å².